The molecule has 1 unspecified atom stereocenters. The van der Waals surface area contributed by atoms with E-state index in [-0.39, 0.29) is 29.4 Å². The van der Waals surface area contributed by atoms with Crippen LogP contribution in [0.4, 0.5) is 10.1 Å². The average Bonchev–Trinajstić information content (AvgIpc) is 3.17. The monoisotopic (exact) mass is 441 g/mol. The highest BCUT2D eigenvalue weighted by atomic mass is 32.2. The maximum Gasteiger partial charge on any atom is 0.252 e. The van der Waals surface area contributed by atoms with Crippen LogP contribution in [0.3, 0.4) is 0 Å². The number of rotatable bonds is 8. The molecule has 2 aromatic carbocycles. The zero-order valence-electron chi connectivity index (χ0n) is 17.6. The minimum Gasteiger partial charge on any atom is -0.342 e. The molecule has 0 saturated heterocycles. The molecule has 0 aliphatic rings. The second kappa shape index (κ2) is 10.2. The van der Waals surface area contributed by atoms with Crippen molar-refractivity contribution in [3.63, 3.8) is 0 Å². The number of carbonyl (C=O) groups excluding carboxylic acids is 2. The molecule has 31 heavy (non-hydrogen) atoms. The topological polar surface area (TPSA) is 88.9 Å². The predicted molar refractivity (Wildman–Crippen MR) is 119 cm³/mol. The molecular weight excluding hydrogens is 417 g/mol. The van der Waals surface area contributed by atoms with E-state index in [1.165, 1.54) is 36.0 Å². The summed E-state index contributed by atoms with van der Waals surface area (Å²) in [6.07, 6.45) is 0. The van der Waals surface area contributed by atoms with Crippen molar-refractivity contribution in [1.29, 1.82) is 0 Å². The summed E-state index contributed by atoms with van der Waals surface area (Å²) in [5, 5.41) is 14.7. The number of thioether (sulfide) groups is 1. The van der Waals surface area contributed by atoms with Gasteiger partial charge in [-0.25, -0.2) is 4.39 Å². The minimum atomic E-state index is -0.361. The first-order valence-corrected chi connectivity index (χ1v) is 10.9. The summed E-state index contributed by atoms with van der Waals surface area (Å²) in [5.74, 6) is -0.0290. The van der Waals surface area contributed by atoms with Crippen molar-refractivity contribution in [3.8, 4) is 0 Å². The highest BCUT2D eigenvalue weighted by Crippen LogP contribution is 2.21. The number of halogens is 1. The van der Waals surface area contributed by atoms with Crippen molar-refractivity contribution in [2.45, 2.75) is 38.5 Å². The Morgan fingerprint density at radius 2 is 1.84 bits per heavy atom. The standard InChI is InChI=1S/C22H24FN5O2S/c1-4-28-20(15(3)24-21(30)18-8-6-5-7-14(18)2)26-27-22(28)31-13-19(29)25-17-11-9-16(23)10-12-17/h5-12,15H,4,13H2,1-3H3,(H,24,30)(H,25,29). The van der Waals surface area contributed by atoms with Crippen LogP contribution in [0.2, 0.25) is 0 Å². The summed E-state index contributed by atoms with van der Waals surface area (Å²) in [6.45, 7) is 6.28. The van der Waals surface area contributed by atoms with E-state index < -0.39 is 0 Å². The number of nitrogens with one attached hydrogen (secondary N) is 2. The second-order valence-electron chi connectivity index (χ2n) is 6.94. The first kappa shape index (κ1) is 22.5. The van der Waals surface area contributed by atoms with Crippen LogP contribution in [-0.2, 0) is 11.3 Å². The van der Waals surface area contributed by atoms with E-state index >= 15 is 0 Å². The van der Waals surface area contributed by atoms with Crippen molar-refractivity contribution >= 4 is 29.3 Å². The SMILES string of the molecule is CCn1c(SCC(=O)Nc2ccc(F)cc2)nnc1C(C)NC(=O)c1ccccc1C. The molecule has 1 aromatic heterocycles. The van der Waals surface area contributed by atoms with Crippen LogP contribution in [-0.4, -0.2) is 32.3 Å². The Morgan fingerprint density at radius 3 is 2.52 bits per heavy atom. The molecule has 0 aliphatic carbocycles. The van der Waals surface area contributed by atoms with E-state index in [9.17, 15) is 14.0 Å². The van der Waals surface area contributed by atoms with Crippen molar-refractivity contribution in [2.24, 2.45) is 0 Å². The lowest BCUT2D eigenvalue weighted by Crippen LogP contribution is -2.29. The Kier molecular flexibility index (Phi) is 7.41. The van der Waals surface area contributed by atoms with Gasteiger partial charge in [0.1, 0.15) is 5.82 Å². The number of aryl methyl sites for hydroxylation is 1. The summed E-state index contributed by atoms with van der Waals surface area (Å²) in [5.41, 5.74) is 2.04. The van der Waals surface area contributed by atoms with Gasteiger partial charge in [0.15, 0.2) is 11.0 Å². The number of benzene rings is 2. The van der Waals surface area contributed by atoms with Crippen LogP contribution in [0.1, 0.15) is 41.6 Å². The number of aromatic nitrogens is 3. The quantitative estimate of drug-likeness (QED) is 0.517. The van der Waals surface area contributed by atoms with Gasteiger partial charge in [-0.3, -0.25) is 9.59 Å². The molecule has 1 atom stereocenters. The fraction of sp³-hybridized carbons (Fsp3) is 0.273. The molecule has 0 aliphatic heterocycles. The molecule has 2 N–H and O–H groups in total. The van der Waals surface area contributed by atoms with Gasteiger partial charge in [-0.2, -0.15) is 0 Å². The number of amides is 2. The van der Waals surface area contributed by atoms with E-state index in [0.29, 0.717) is 28.8 Å². The van der Waals surface area contributed by atoms with Crippen molar-refractivity contribution in [2.75, 3.05) is 11.1 Å². The van der Waals surface area contributed by atoms with Gasteiger partial charge in [0, 0.05) is 17.8 Å². The zero-order valence-corrected chi connectivity index (χ0v) is 18.4. The third-order valence-electron chi connectivity index (χ3n) is 4.65. The first-order chi connectivity index (χ1) is 14.9. The summed E-state index contributed by atoms with van der Waals surface area (Å²) in [6, 6.07) is 12.6. The van der Waals surface area contributed by atoms with E-state index in [0.717, 1.165) is 5.56 Å². The van der Waals surface area contributed by atoms with E-state index in [1.807, 2.05) is 43.5 Å². The fourth-order valence-corrected chi connectivity index (χ4v) is 3.86. The smallest absolute Gasteiger partial charge is 0.252 e. The Hall–Kier alpha value is -3.20. The van der Waals surface area contributed by atoms with Gasteiger partial charge in [0.2, 0.25) is 5.91 Å². The Morgan fingerprint density at radius 1 is 1.13 bits per heavy atom. The van der Waals surface area contributed by atoms with Crippen molar-refractivity contribution in [1.82, 2.24) is 20.1 Å². The van der Waals surface area contributed by atoms with E-state index in [2.05, 4.69) is 20.8 Å². The molecule has 3 aromatic rings. The van der Waals surface area contributed by atoms with Crippen LogP contribution in [0.25, 0.3) is 0 Å². The van der Waals surface area contributed by atoms with E-state index in [1.54, 1.807) is 6.07 Å². The van der Waals surface area contributed by atoms with Crippen LogP contribution in [0, 0.1) is 12.7 Å². The third kappa shape index (κ3) is 5.69. The highest BCUT2D eigenvalue weighted by molar-refractivity contribution is 7.99. The number of hydrogen-bond donors (Lipinski definition) is 2. The molecule has 0 fully saturated rings. The maximum absolute atomic E-state index is 13.0. The maximum atomic E-state index is 13.0. The largest absolute Gasteiger partial charge is 0.342 e. The van der Waals surface area contributed by atoms with Crippen molar-refractivity contribution in [3.05, 3.63) is 71.3 Å². The molecule has 3 rings (SSSR count). The number of hydrogen-bond acceptors (Lipinski definition) is 5. The predicted octanol–water partition coefficient (Wildman–Crippen LogP) is 3.97. The van der Waals surface area contributed by atoms with Gasteiger partial charge in [-0.15, -0.1) is 10.2 Å². The van der Waals surface area contributed by atoms with Crippen LogP contribution in [0.5, 0.6) is 0 Å². The average molecular weight is 442 g/mol. The molecule has 0 bridgehead atoms. The molecular formula is C22H24FN5O2S. The normalized spacial score (nSPS) is 11.7. The van der Waals surface area contributed by atoms with Gasteiger partial charge >= 0.3 is 0 Å². The molecule has 162 valence electrons. The molecule has 2 amide bonds. The highest BCUT2D eigenvalue weighted by Gasteiger charge is 2.20. The minimum absolute atomic E-state index is 0.124. The molecule has 0 saturated carbocycles. The van der Waals surface area contributed by atoms with Crippen molar-refractivity contribution < 1.29 is 14.0 Å². The van der Waals surface area contributed by atoms with Crippen LogP contribution >= 0.6 is 11.8 Å². The molecule has 7 nitrogen and oxygen atoms in total. The Labute approximate surface area is 184 Å². The van der Waals surface area contributed by atoms with Crippen LogP contribution < -0.4 is 10.6 Å². The molecule has 0 spiro atoms. The Balaban J connectivity index is 1.63. The lowest BCUT2D eigenvalue weighted by Gasteiger charge is -2.16. The molecule has 1 heterocycles. The lowest BCUT2D eigenvalue weighted by molar-refractivity contribution is -0.113. The third-order valence-corrected chi connectivity index (χ3v) is 5.61. The summed E-state index contributed by atoms with van der Waals surface area (Å²) in [4.78, 5) is 24.8. The zero-order chi connectivity index (χ0) is 22.4. The van der Waals surface area contributed by atoms with Gasteiger partial charge in [-0.1, -0.05) is 30.0 Å². The summed E-state index contributed by atoms with van der Waals surface area (Å²) < 4.78 is 14.9. The number of nitrogens with zero attached hydrogens (tertiary/aromatic N) is 3. The summed E-state index contributed by atoms with van der Waals surface area (Å²) >= 11 is 1.25. The van der Waals surface area contributed by atoms with Crippen LogP contribution in [0.15, 0.2) is 53.7 Å². The molecule has 9 heteroatoms. The fourth-order valence-electron chi connectivity index (χ4n) is 3.05. The van der Waals surface area contributed by atoms with Gasteiger partial charge in [0.05, 0.1) is 11.8 Å². The second-order valence-corrected chi connectivity index (χ2v) is 7.88. The number of carbonyl (C=O) groups is 2. The van der Waals surface area contributed by atoms with Gasteiger partial charge in [0.25, 0.3) is 5.91 Å². The van der Waals surface area contributed by atoms with Gasteiger partial charge in [-0.05, 0) is 56.7 Å². The summed E-state index contributed by atoms with van der Waals surface area (Å²) in [7, 11) is 0. The first-order valence-electron chi connectivity index (χ1n) is 9.86. The molecule has 0 radical (unpaired) electrons. The Bertz CT molecular complexity index is 1070. The number of anilines is 1. The van der Waals surface area contributed by atoms with Gasteiger partial charge < -0.3 is 15.2 Å². The van der Waals surface area contributed by atoms with E-state index in [4.69, 9.17) is 0 Å². The lowest BCUT2D eigenvalue weighted by atomic mass is 10.1.